The molecule has 0 radical (unpaired) electrons. The highest BCUT2D eigenvalue weighted by atomic mass is 32.2. The summed E-state index contributed by atoms with van der Waals surface area (Å²) in [5, 5.41) is 0. The highest BCUT2D eigenvalue weighted by Gasteiger charge is 2.36. The summed E-state index contributed by atoms with van der Waals surface area (Å²) in [4.78, 5) is 29.6. The second-order valence-electron chi connectivity index (χ2n) is 7.52. The lowest BCUT2D eigenvalue weighted by Gasteiger charge is -2.42. The minimum Gasteiger partial charge on any atom is -0.382 e. The van der Waals surface area contributed by atoms with E-state index in [-0.39, 0.29) is 11.5 Å². The summed E-state index contributed by atoms with van der Waals surface area (Å²) < 4.78 is 7.91. The summed E-state index contributed by atoms with van der Waals surface area (Å²) in [6, 6.07) is 5.55. The average Bonchev–Trinajstić information content (AvgIpc) is 2.93. The fourth-order valence-electron chi connectivity index (χ4n) is 4.36. The van der Waals surface area contributed by atoms with E-state index in [1.165, 1.54) is 11.8 Å². The number of hydrogen-bond donors (Lipinski definition) is 0. The van der Waals surface area contributed by atoms with Crippen molar-refractivity contribution >= 4 is 34.2 Å². The molecule has 1 amide bonds. The first kappa shape index (κ1) is 19.7. The van der Waals surface area contributed by atoms with Crippen molar-refractivity contribution < 1.29 is 9.53 Å². The molecule has 8 heteroatoms. The Morgan fingerprint density at radius 3 is 2.96 bits per heavy atom. The van der Waals surface area contributed by atoms with Crippen LogP contribution < -0.4 is 5.56 Å². The molecule has 28 heavy (non-hydrogen) atoms. The molecule has 6 nitrogen and oxygen atoms in total. The van der Waals surface area contributed by atoms with E-state index in [9.17, 15) is 9.59 Å². The zero-order chi connectivity index (χ0) is 19.7. The van der Waals surface area contributed by atoms with E-state index in [2.05, 4.69) is 11.0 Å². The molecule has 2 fully saturated rings. The van der Waals surface area contributed by atoms with Gasteiger partial charge in [0, 0.05) is 63.3 Å². The molecule has 0 saturated carbocycles. The van der Waals surface area contributed by atoms with E-state index in [1.54, 1.807) is 11.0 Å². The molecule has 0 aromatic carbocycles. The van der Waals surface area contributed by atoms with Gasteiger partial charge in [-0.05, 0) is 31.7 Å². The van der Waals surface area contributed by atoms with Crippen LogP contribution >= 0.6 is 24.0 Å². The van der Waals surface area contributed by atoms with Crippen LogP contribution in [0.1, 0.15) is 31.4 Å². The standard InChI is InChI=1S/C20H25N3O3S2/c1-2-26-8-4-7-22-19(25)17(28-20(22)27)13-21-10-14-9-15(12-21)16-5-3-6-18(24)23(16)11-14/h3,5-6,13-15H,2,4,7-12H2,1H3/b17-13-/t14-,15+/m1/s1. The number of aromatic nitrogens is 1. The fraction of sp³-hybridized carbons (Fsp3) is 0.550. The predicted molar refractivity (Wildman–Crippen MR) is 114 cm³/mol. The van der Waals surface area contributed by atoms with Crippen molar-refractivity contribution in [2.75, 3.05) is 32.8 Å². The van der Waals surface area contributed by atoms with E-state index in [4.69, 9.17) is 17.0 Å². The van der Waals surface area contributed by atoms with Gasteiger partial charge >= 0.3 is 0 Å². The van der Waals surface area contributed by atoms with Crippen LogP contribution in [0.4, 0.5) is 0 Å². The third-order valence-corrected chi connectivity index (χ3v) is 6.92. The van der Waals surface area contributed by atoms with E-state index in [1.807, 2.05) is 23.8 Å². The van der Waals surface area contributed by atoms with Gasteiger partial charge in [-0.3, -0.25) is 14.5 Å². The van der Waals surface area contributed by atoms with Crippen LogP contribution in [0.25, 0.3) is 0 Å². The number of amides is 1. The van der Waals surface area contributed by atoms with E-state index >= 15 is 0 Å². The van der Waals surface area contributed by atoms with Crippen LogP contribution in [0.5, 0.6) is 0 Å². The van der Waals surface area contributed by atoms with Crippen molar-refractivity contribution in [3.05, 3.63) is 45.4 Å². The Labute approximate surface area is 174 Å². The number of pyridine rings is 1. The molecule has 1 aromatic heterocycles. The summed E-state index contributed by atoms with van der Waals surface area (Å²) in [7, 11) is 0. The van der Waals surface area contributed by atoms with Crippen LogP contribution in [0.15, 0.2) is 34.1 Å². The molecule has 2 atom stereocenters. The van der Waals surface area contributed by atoms with Gasteiger partial charge in [0.1, 0.15) is 4.32 Å². The monoisotopic (exact) mass is 419 g/mol. The Morgan fingerprint density at radius 1 is 1.29 bits per heavy atom. The number of fused-ring (bicyclic) bond motifs is 4. The zero-order valence-electron chi connectivity index (χ0n) is 16.0. The number of piperidine rings is 1. The number of thioether (sulfide) groups is 1. The molecule has 3 aliphatic heterocycles. The lowest BCUT2D eigenvalue weighted by Crippen LogP contribution is -2.45. The average molecular weight is 420 g/mol. The van der Waals surface area contributed by atoms with E-state index < -0.39 is 0 Å². The summed E-state index contributed by atoms with van der Waals surface area (Å²) in [5.74, 6) is 0.756. The quantitative estimate of drug-likeness (QED) is 0.401. The predicted octanol–water partition coefficient (Wildman–Crippen LogP) is 2.40. The van der Waals surface area contributed by atoms with Crippen molar-refractivity contribution in [3.8, 4) is 0 Å². The number of likely N-dealkylation sites (tertiary alicyclic amines) is 1. The van der Waals surface area contributed by atoms with Gasteiger partial charge in [0.05, 0.1) is 4.91 Å². The van der Waals surface area contributed by atoms with Gasteiger partial charge in [-0.1, -0.05) is 30.0 Å². The fourth-order valence-corrected chi connectivity index (χ4v) is 5.67. The molecule has 3 aliphatic rings. The first-order valence-corrected chi connectivity index (χ1v) is 11.1. The van der Waals surface area contributed by atoms with Crippen molar-refractivity contribution in [2.24, 2.45) is 5.92 Å². The van der Waals surface area contributed by atoms with Gasteiger partial charge in [-0.2, -0.15) is 0 Å². The van der Waals surface area contributed by atoms with Crippen molar-refractivity contribution in [2.45, 2.75) is 32.2 Å². The highest BCUT2D eigenvalue weighted by molar-refractivity contribution is 8.26. The van der Waals surface area contributed by atoms with Crippen molar-refractivity contribution in [3.63, 3.8) is 0 Å². The second kappa shape index (κ2) is 8.39. The SMILES string of the molecule is CCOCCCN1C(=O)/C(=C/N2C[C@H]3C[C@@H](C2)c2cccc(=O)n2C3)SC1=S. The Bertz CT molecular complexity index is 866. The number of nitrogens with zero attached hydrogens (tertiary/aromatic N) is 3. The molecule has 0 spiro atoms. The van der Waals surface area contributed by atoms with Gasteiger partial charge in [0.25, 0.3) is 11.5 Å². The molecule has 150 valence electrons. The first-order chi connectivity index (χ1) is 13.6. The minimum absolute atomic E-state index is 0.00106. The molecule has 4 rings (SSSR count). The van der Waals surface area contributed by atoms with Crippen LogP contribution in [0.3, 0.4) is 0 Å². The minimum atomic E-state index is -0.00106. The number of carbonyl (C=O) groups excluding carboxylic acids is 1. The Hall–Kier alpha value is -1.64. The molecule has 0 unspecified atom stereocenters. The summed E-state index contributed by atoms with van der Waals surface area (Å²) >= 11 is 6.80. The molecule has 4 heterocycles. The van der Waals surface area contributed by atoms with Crippen molar-refractivity contribution in [1.29, 1.82) is 0 Å². The van der Waals surface area contributed by atoms with E-state index in [0.29, 0.717) is 40.8 Å². The Balaban J connectivity index is 1.45. The maximum absolute atomic E-state index is 12.8. The Kier molecular flexibility index (Phi) is 5.89. The maximum atomic E-state index is 12.8. The normalized spacial score (nSPS) is 25.5. The molecular formula is C20H25N3O3S2. The number of thiocarbonyl (C=S) groups is 1. The van der Waals surface area contributed by atoms with Crippen LogP contribution in [0.2, 0.25) is 0 Å². The summed E-state index contributed by atoms with van der Waals surface area (Å²) in [6.45, 7) is 6.34. The largest absolute Gasteiger partial charge is 0.382 e. The molecule has 2 saturated heterocycles. The molecular weight excluding hydrogens is 394 g/mol. The number of hydrogen-bond acceptors (Lipinski definition) is 6. The van der Waals surface area contributed by atoms with Gasteiger partial charge in [-0.15, -0.1) is 0 Å². The van der Waals surface area contributed by atoms with E-state index in [0.717, 1.165) is 38.2 Å². The number of rotatable bonds is 6. The maximum Gasteiger partial charge on any atom is 0.267 e. The topological polar surface area (TPSA) is 54.8 Å². The van der Waals surface area contributed by atoms with Crippen molar-refractivity contribution in [1.82, 2.24) is 14.4 Å². The van der Waals surface area contributed by atoms with Gasteiger partial charge in [0.15, 0.2) is 0 Å². The first-order valence-electron chi connectivity index (χ1n) is 9.84. The highest BCUT2D eigenvalue weighted by Crippen LogP contribution is 2.37. The number of carbonyl (C=O) groups is 1. The van der Waals surface area contributed by atoms with Gasteiger partial charge < -0.3 is 14.2 Å². The van der Waals surface area contributed by atoms with Crippen LogP contribution in [-0.4, -0.2) is 57.4 Å². The summed E-state index contributed by atoms with van der Waals surface area (Å²) in [6.07, 6.45) is 3.87. The second-order valence-corrected chi connectivity index (χ2v) is 9.20. The van der Waals surface area contributed by atoms with Crippen LogP contribution in [-0.2, 0) is 16.1 Å². The lowest BCUT2D eigenvalue weighted by molar-refractivity contribution is -0.122. The molecule has 2 bridgehead atoms. The Morgan fingerprint density at radius 2 is 2.14 bits per heavy atom. The third-order valence-electron chi connectivity index (χ3n) is 5.56. The molecule has 1 aromatic rings. The van der Waals surface area contributed by atoms with Gasteiger partial charge in [-0.25, -0.2) is 0 Å². The van der Waals surface area contributed by atoms with Gasteiger partial charge in [0.2, 0.25) is 0 Å². The third kappa shape index (κ3) is 3.90. The lowest BCUT2D eigenvalue weighted by atomic mass is 9.83. The zero-order valence-corrected chi connectivity index (χ0v) is 17.6. The smallest absolute Gasteiger partial charge is 0.267 e. The number of ether oxygens (including phenoxy) is 1. The summed E-state index contributed by atoms with van der Waals surface area (Å²) in [5.41, 5.74) is 1.21. The molecule has 0 aliphatic carbocycles. The molecule has 0 N–H and O–H groups in total. The van der Waals surface area contributed by atoms with Crippen LogP contribution in [0, 0.1) is 5.92 Å².